The van der Waals surface area contributed by atoms with Gasteiger partial charge >= 0.3 is 13.3 Å². The molecule has 3 aromatic rings. The van der Waals surface area contributed by atoms with Crippen molar-refractivity contribution < 1.29 is 26.9 Å². The first-order valence-electron chi connectivity index (χ1n) is 10.9. The molecular weight excluding hydrogens is 453 g/mol. The monoisotopic (exact) mass is 479 g/mol. The number of aryl methyl sites for hydroxylation is 1. The Bertz CT molecular complexity index is 1330. The van der Waals surface area contributed by atoms with Crippen LogP contribution in [0.2, 0.25) is 0 Å². The normalized spacial score (nSPS) is 17.8. The molecule has 1 fully saturated rings. The minimum atomic E-state index is -4.76. The highest BCUT2D eigenvalue weighted by Gasteiger charge is 2.52. The second kappa shape index (κ2) is 7.68. The van der Waals surface area contributed by atoms with E-state index in [2.05, 4.69) is 5.10 Å². The van der Waals surface area contributed by atoms with Gasteiger partial charge < -0.3 is 9.31 Å². The maximum Gasteiger partial charge on any atom is 0.497 e. The van der Waals surface area contributed by atoms with Crippen molar-refractivity contribution >= 4 is 23.4 Å². The third-order valence-electron chi connectivity index (χ3n) is 6.73. The van der Waals surface area contributed by atoms with Gasteiger partial charge in [-0.25, -0.2) is 4.39 Å². The molecule has 1 aromatic carbocycles. The van der Waals surface area contributed by atoms with E-state index in [4.69, 9.17) is 9.31 Å². The summed E-state index contributed by atoms with van der Waals surface area (Å²) >= 11 is 0. The second-order valence-electron chi connectivity index (χ2n) is 9.95. The summed E-state index contributed by atoms with van der Waals surface area (Å²) < 4.78 is 68.9. The Morgan fingerprint density at radius 3 is 2.21 bits per heavy atom. The Labute approximate surface area is 194 Å². The van der Waals surface area contributed by atoms with Crippen LogP contribution in [-0.2, 0) is 15.5 Å². The van der Waals surface area contributed by atoms with Gasteiger partial charge in [0.15, 0.2) is 5.69 Å². The molecule has 0 saturated carbocycles. The fourth-order valence-corrected chi connectivity index (χ4v) is 4.10. The van der Waals surface area contributed by atoms with E-state index in [1.807, 2.05) is 46.6 Å². The fraction of sp³-hybridized carbons (Fsp3) is 0.478. The quantitative estimate of drug-likeness (QED) is 0.441. The molecule has 0 bridgehead atoms. The van der Waals surface area contributed by atoms with Crippen molar-refractivity contribution in [2.24, 2.45) is 0 Å². The van der Waals surface area contributed by atoms with Crippen molar-refractivity contribution in [2.75, 3.05) is 0 Å². The average molecular weight is 479 g/mol. The number of aromatic nitrogens is 3. The number of pyridine rings is 1. The molecule has 2 aromatic heterocycles. The Kier molecular flexibility index (Phi) is 5.52. The number of hydrogen-bond acceptors (Lipinski definition) is 4. The highest BCUT2D eigenvalue weighted by molar-refractivity contribution is 6.62. The van der Waals surface area contributed by atoms with Crippen molar-refractivity contribution in [3.8, 4) is 5.69 Å². The molecule has 0 unspecified atom stereocenters. The van der Waals surface area contributed by atoms with Crippen LogP contribution in [-0.4, -0.2) is 33.1 Å². The summed E-state index contributed by atoms with van der Waals surface area (Å²) in [4.78, 5) is 13.3. The first kappa shape index (κ1) is 24.5. The van der Waals surface area contributed by atoms with Crippen LogP contribution in [0.3, 0.4) is 0 Å². The largest absolute Gasteiger partial charge is 0.497 e. The number of nitrogens with zero attached hydrogens (tertiary/aromatic N) is 2. The van der Waals surface area contributed by atoms with Gasteiger partial charge in [-0.05, 0) is 57.6 Å². The van der Waals surface area contributed by atoms with E-state index in [1.54, 1.807) is 0 Å². The number of H-pyrrole nitrogens is 1. The van der Waals surface area contributed by atoms with E-state index >= 15 is 4.39 Å². The van der Waals surface area contributed by atoms with E-state index in [9.17, 15) is 18.0 Å². The van der Waals surface area contributed by atoms with Crippen LogP contribution in [0.5, 0.6) is 0 Å². The Balaban J connectivity index is 1.98. The summed E-state index contributed by atoms with van der Waals surface area (Å²) in [5, 5.41) is 6.01. The van der Waals surface area contributed by atoms with Gasteiger partial charge in [0, 0.05) is 11.7 Å². The molecule has 4 rings (SSSR count). The summed E-state index contributed by atoms with van der Waals surface area (Å²) in [6.07, 6.45) is -3.39. The third-order valence-corrected chi connectivity index (χ3v) is 6.73. The zero-order valence-corrected chi connectivity index (χ0v) is 20.0. The van der Waals surface area contributed by atoms with Crippen LogP contribution in [0, 0.1) is 12.7 Å². The van der Waals surface area contributed by atoms with Crippen LogP contribution in [0.25, 0.3) is 16.5 Å². The van der Waals surface area contributed by atoms with Gasteiger partial charge in [-0.1, -0.05) is 19.9 Å². The summed E-state index contributed by atoms with van der Waals surface area (Å²) in [6, 6.07) is 2.55. The van der Waals surface area contributed by atoms with Gasteiger partial charge in [0.25, 0.3) is 5.56 Å². The zero-order valence-electron chi connectivity index (χ0n) is 20.0. The minimum absolute atomic E-state index is 0.00204. The van der Waals surface area contributed by atoms with Crippen molar-refractivity contribution in [3.05, 3.63) is 51.5 Å². The molecule has 11 heteroatoms. The van der Waals surface area contributed by atoms with Crippen molar-refractivity contribution in [2.45, 2.75) is 71.8 Å². The van der Waals surface area contributed by atoms with Crippen LogP contribution in [0.4, 0.5) is 17.6 Å². The number of halogens is 4. The van der Waals surface area contributed by atoms with Gasteiger partial charge in [-0.3, -0.25) is 14.5 Å². The molecule has 182 valence electrons. The Morgan fingerprint density at radius 2 is 1.68 bits per heavy atom. The molecule has 0 aliphatic carbocycles. The molecule has 6 nitrogen and oxygen atoms in total. The van der Waals surface area contributed by atoms with Crippen LogP contribution >= 0.6 is 0 Å². The van der Waals surface area contributed by atoms with Crippen molar-refractivity contribution in [1.82, 2.24) is 14.8 Å². The van der Waals surface area contributed by atoms with Gasteiger partial charge in [0.2, 0.25) is 0 Å². The molecular formula is C23H26BF4N3O3. The summed E-state index contributed by atoms with van der Waals surface area (Å²) in [7, 11) is -0.996. The van der Waals surface area contributed by atoms with E-state index in [0.717, 1.165) is 10.6 Å². The number of benzene rings is 1. The standard InChI is InChI=1S/C23H26BF4N3O3/c1-11(2)15-10-31(18-12(3)29-30-19(18)23(26,27)28)20(32)14-9-17(25)16(8-13(14)15)24-33-21(4,5)22(6,7)34-24/h8-11H,1-7H3,(H,29,30). The minimum Gasteiger partial charge on any atom is -0.399 e. The highest BCUT2D eigenvalue weighted by Crippen LogP contribution is 2.38. The second-order valence-corrected chi connectivity index (χ2v) is 9.95. The van der Waals surface area contributed by atoms with E-state index < -0.39 is 47.3 Å². The summed E-state index contributed by atoms with van der Waals surface area (Å²) in [5.74, 6) is -0.928. The topological polar surface area (TPSA) is 69.1 Å². The fourth-order valence-electron chi connectivity index (χ4n) is 4.10. The molecule has 0 amide bonds. The summed E-state index contributed by atoms with van der Waals surface area (Å²) in [6.45, 7) is 12.4. The smallest absolute Gasteiger partial charge is 0.399 e. The molecule has 34 heavy (non-hydrogen) atoms. The van der Waals surface area contributed by atoms with Crippen LogP contribution in [0.1, 0.15) is 64.4 Å². The van der Waals surface area contributed by atoms with Gasteiger partial charge in [-0.15, -0.1) is 0 Å². The lowest BCUT2D eigenvalue weighted by atomic mass is 9.77. The third kappa shape index (κ3) is 3.74. The predicted octanol–water partition coefficient (Wildman–Crippen LogP) is 4.60. The number of rotatable bonds is 3. The number of aromatic amines is 1. The van der Waals surface area contributed by atoms with Gasteiger partial charge in [-0.2, -0.15) is 18.3 Å². The molecule has 1 saturated heterocycles. The van der Waals surface area contributed by atoms with E-state index in [1.165, 1.54) is 19.2 Å². The molecule has 0 spiro atoms. The molecule has 1 aliphatic heterocycles. The van der Waals surface area contributed by atoms with Crippen molar-refractivity contribution in [1.29, 1.82) is 0 Å². The van der Waals surface area contributed by atoms with Gasteiger partial charge in [0.1, 0.15) is 11.5 Å². The maximum absolute atomic E-state index is 15.3. The Morgan fingerprint density at radius 1 is 1.09 bits per heavy atom. The highest BCUT2D eigenvalue weighted by atomic mass is 19.4. The molecule has 0 atom stereocenters. The van der Waals surface area contributed by atoms with E-state index in [0.29, 0.717) is 10.9 Å². The lowest BCUT2D eigenvalue weighted by Crippen LogP contribution is -2.41. The number of alkyl halides is 3. The lowest BCUT2D eigenvalue weighted by Gasteiger charge is -2.32. The van der Waals surface area contributed by atoms with E-state index in [-0.39, 0.29) is 22.5 Å². The predicted molar refractivity (Wildman–Crippen MR) is 121 cm³/mol. The average Bonchev–Trinajstić information content (AvgIpc) is 3.18. The first-order chi connectivity index (χ1) is 15.5. The lowest BCUT2D eigenvalue weighted by molar-refractivity contribution is -0.141. The molecule has 0 radical (unpaired) electrons. The molecule has 3 heterocycles. The molecule has 1 aliphatic rings. The van der Waals surface area contributed by atoms with Crippen LogP contribution < -0.4 is 11.0 Å². The molecule has 1 N–H and O–H groups in total. The zero-order chi connectivity index (χ0) is 25.4. The van der Waals surface area contributed by atoms with Crippen molar-refractivity contribution in [3.63, 3.8) is 0 Å². The van der Waals surface area contributed by atoms with Crippen LogP contribution in [0.15, 0.2) is 23.1 Å². The first-order valence-corrected chi connectivity index (χ1v) is 10.9. The number of nitrogens with one attached hydrogen (secondary N) is 1. The summed E-state index contributed by atoms with van der Waals surface area (Å²) in [5.41, 5.74) is -3.03. The number of fused-ring (bicyclic) bond motifs is 1. The number of hydrogen-bond donors (Lipinski definition) is 1. The maximum atomic E-state index is 15.3. The van der Waals surface area contributed by atoms with Gasteiger partial charge in [0.05, 0.1) is 22.3 Å². The SMILES string of the molecule is Cc1n[nH]c(C(F)(F)F)c1-n1cc(C(C)C)c2cc(B3OC(C)(C)C(C)(C)O3)c(F)cc2c1=O. The Hall–Kier alpha value is -2.66.